The molecular weight excluding hydrogens is 258 g/mol. The summed E-state index contributed by atoms with van der Waals surface area (Å²) in [5.74, 6) is 0.873. The molecule has 0 spiro atoms. The van der Waals surface area contributed by atoms with E-state index >= 15 is 0 Å². The summed E-state index contributed by atoms with van der Waals surface area (Å²) in [5.41, 5.74) is 7.29. The Morgan fingerprint density at radius 2 is 2.21 bits per heavy atom. The molecule has 1 fully saturated rings. The van der Waals surface area contributed by atoms with Gasteiger partial charge in [-0.2, -0.15) is 0 Å². The van der Waals surface area contributed by atoms with Crippen LogP contribution in [0, 0.1) is 5.92 Å². The number of ether oxygens (including phenoxy) is 1. The first-order valence-electron chi connectivity index (χ1n) is 7.33. The lowest BCUT2D eigenvalue weighted by Gasteiger charge is -2.28. The molecule has 2 nitrogen and oxygen atoms in total. The van der Waals surface area contributed by atoms with Crippen LogP contribution in [0.2, 0.25) is 5.02 Å². The molecule has 2 rings (SSSR count). The van der Waals surface area contributed by atoms with Crippen molar-refractivity contribution in [2.75, 3.05) is 6.61 Å². The highest BCUT2D eigenvalue weighted by molar-refractivity contribution is 6.30. The first kappa shape index (κ1) is 14.8. The summed E-state index contributed by atoms with van der Waals surface area (Å²) in [7, 11) is 0. The van der Waals surface area contributed by atoms with Crippen LogP contribution in [0.15, 0.2) is 24.3 Å². The molecule has 2 N–H and O–H groups in total. The van der Waals surface area contributed by atoms with Gasteiger partial charge in [-0.05, 0) is 36.5 Å². The highest BCUT2D eigenvalue weighted by atomic mass is 35.5. The lowest BCUT2D eigenvalue weighted by Crippen LogP contribution is -2.30. The summed E-state index contributed by atoms with van der Waals surface area (Å²) < 4.78 is 6.06. The quantitative estimate of drug-likeness (QED) is 0.807. The predicted molar refractivity (Wildman–Crippen MR) is 80.4 cm³/mol. The summed E-state index contributed by atoms with van der Waals surface area (Å²) in [6, 6.07) is 7.89. The van der Waals surface area contributed by atoms with Crippen LogP contribution in [-0.2, 0) is 4.74 Å². The molecule has 0 heterocycles. The molecule has 1 aromatic rings. The first-order chi connectivity index (χ1) is 9.20. The Labute approximate surface area is 121 Å². The van der Waals surface area contributed by atoms with Crippen LogP contribution in [0.25, 0.3) is 0 Å². The van der Waals surface area contributed by atoms with Crippen molar-refractivity contribution in [3.8, 4) is 0 Å². The Kier molecular flexibility index (Phi) is 5.68. The maximum atomic E-state index is 6.19. The molecule has 19 heavy (non-hydrogen) atoms. The van der Waals surface area contributed by atoms with Gasteiger partial charge < -0.3 is 10.5 Å². The smallest absolute Gasteiger partial charge is 0.0976 e. The van der Waals surface area contributed by atoms with E-state index in [9.17, 15) is 0 Å². The first-order valence-corrected chi connectivity index (χ1v) is 7.71. The van der Waals surface area contributed by atoms with Gasteiger partial charge in [0.2, 0.25) is 0 Å². The number of hydrogen-bond acceptors (Lipinski definition) is 2. The van der Waals surface area contributed by atoms with E-state index in [0.29, 0.717) is 0 Å². The maximum absolute atomic E-state index is 6.19. The summed E-state index contributed by atoms with van der Waals surface area (Å²) in [5, 5.41) is 0.744. The number of hydrogen-bond donors (Lipinski definition) is 1. The third-order valence-electron chi connectivity index (χ3n) is 4.09. The second-order valence-corrected chi connectivity index (χ2v) is 5.94. The normalized spacial score (nSPS) is 18.9. The lowest BCUT2D eigenvalue weighted by atomic mass is 9.83. The van der Waals surface area contributed by atoms with E-state index in [1.165, 1.54) is 19.3 Å². The largest absolute Gasteiger partial charge is 0.372 e. The number of nitrogens with two attached hydrogens (primary N) is 1. The molecule has 0 radical (unpaired) electrons. The van der Waals surface area contributed by atoms with E-state index in [1.54, 1.807) is 0 Å². The average Bonchev–Trinajstić information content (AvgIpc) is 2.36. The van der Waals surface area contributed by atoms with Gasteiger partial charge in [0.1, 0.15) is 0 Å². The fraction of sp³-hybridized carbons (Fsp3) is 0.625. The SMILES string of the molecule is CCC(N)C(OCCC1CCC1)c1cccc(Cl)c1. The summed E-state index contributed by atoms with van der Waals surface area (Å²) >= 11 is 6.06. The molecule has 2 atom stereocenters. The third kappa shape index (κ3) is 4.20. The van der Waals surface area contributed by atoms with Crippen molar-refractivity contribution < 1.29 is 4.74 Å². The Hall–Kier alpha value is -0.570. The third-order valence-corrected chi connectivity index (χ3v) is 4.32. The molecule has 2 unspecified atom stereocenters. The standard InChI is InChI=1S/C16H24ClNO/c1-2-15(18)16(13-7-4-8-14(17)11-13)19-10-9-12-5-3-6-12/h4,7-8,11-12,15-16H,2-3,5-6,9-10,18H2,1H3. The van der Waals surface area contributed by atoms with Gasteiger partial charge in [-0.15, -0.1) is 0 Å². The monoisotopic (exact) mass is 281 g/mol. The molecule has 0 amide bonds. The molecule has 0 aromatic heterocycles. The van der Waals surface area contributed by atoms with Crippen LogP contribution in [0.1, 0.15) is 50.7 Å². The zero-order valence-corrected chi connectivity index (χ0v) is 12.4. The maximum Gasteiger partial charge on any atom is 0.0976 e. The lowest BCUT2D eigenvalue weighted by molar-refractivity contribution is 0.0203. The van der Waals surface area contributed by atoms with Crippen molar-refractivity contribution >= 4 is 11.6 Å². The predicted octanol–water partition coefficient (Wildman–Crippen LogP) is 4.33. The minimum atomic E-state index is -0.0382. The van der Waals surface area contributed by atoms with Gasteiger partial charge in [0, 0.05) is 17.7 Å². The van der Waals surface area contributed by atoms with E-state index in [2.05, 4.69) is 13.0 Å². The summed E-state index contributed by atoms with van der Waals surface area (Å²) in [4.78, 5) is 0. The fourth-order valence-electron chi connectivity index (χ4n) is 2.51. The van der Waals surface area contributed by atoms with Crippen LogP contribution < -0.4 is 5.73 Å². The molecule has 0 saturated heterocycles. The minimum absolute atomic E-state index is 0.0276. The second-order valence-electron chi connectivity index (χ2n) is 5.50. The van der Waals surface area contributed by atoms with Gasteiger partial charge in [0.05, 0.1) is 6.10 Å². The van der Waals surface area contributed by atoms with Gasteiger partial charge in [0.25, 0.3) is 0 Å². The molecule has 1 aliphatic carbocycles. The van der Waals surface area contributed by atoms with Crippen molar-refractivity contribution in [1.82, 2.24) is 0 Å². The molecule has 1 saturated carbocycles. The highest BCUT2D eigenvalue weighted by Gasteiger charge is 2.21. The Morgan fingerprint density at radius 1 is 1.42 bits per heavy atom. The molecule has 0 aliphatic heterocycles. The van der Waals surface area contributed by atoms with Gasteiger partial charge >= 0.3 is 0 Å². The van der Waals surface area contributed by atoms with Crippen molar-refractivity contribution in [1.29, 1.82) is 0 Å². The van der Waals surface area contributed by atoms with E-state index < -0.39 is 0 Å². The fourth-order valence-corrected chi connectivity index (χ4v) is 2.71. The van der Waals surface area contributed by atoms with E-state index in [0.717, 1.165) is 36.0 Å². The highest BCUT2D eigenvalue weighted by Crippen LogP contribution is 2.31. The second kappa shape index (κ2) is 7.28. The van der Waals surface area contributed by atoms with Gasteiger partial charge in [-0.1, -0.05) is 49.9 Å². The zero-order valence-electron chi connectivity index (χ0n) is 11.6. The molecule has 1 aliphatic rings. The zero-order chi connectivity index (χ0) is 13.7. The van der Waals surface area contributed by atoms with Gasteiger partial charge in [-0.25, -0.2) is 0 Å². The van der Waals surface area contributed by atoms with Crippen LogP contribution in [0.5, 0.6) is 0 Å². The van der Waals surface area contributed by atoms with Gasteiger partial charge in [-0.3, -0.25) is 0 Å². The van der Waals surface area contributed by atoms with E-state index in [4.69, 9.17) is 22.1 Å². The molecule has 3 heteroatoms. The van der Waals surface area contributed by atoms with Crippen LogP contribution in [0.3, 0.4) is 0 Å². The number of benzene rings is 1. The Balaban J connectivity index is 1.94. The van der Waals surface area contributed by atoms with E-state index in [1.807, 2.05) is 18.2 Å². The summed E-state index contributed by atoms with van der Waals surface area (Å²) in [6.07, 6.45) is 6.14. The Bertz CT molecular complexity index is 392. The molecule has 0 bridgehead atoms. The van der Waals surface area contributed by atoms with Gasteiger partial charge in [0.15, 0.2) is 0 Å². The molecule has 106 valence electrons. The number of rotatable bonds is 7. The van der Waals surface area contributed by atoms with Crippen molar-refractivity contribution in [2.24, 2.45) is 11.7 Å². The van der Waals surface area contributed by atoms with Crippen molar-refractivity contribution in [3.05, 3.63) is 34.9 Å². The molecular formula is C16H24ClNO. The number of halogens is 1. The van der Waals surface area contributed by atoms with Crippen LogP contribution in [-0.4, -0.2) is 12.6 Å². The van der Waals surface area contributed by atoms with E-state index in [-0.39, 0.29) is 12.1 Å². The average molecular weight is 282 g/mol. The van der Waals surface area contributed by atoms with Crippen molar-refractivity contribution in [3.63, 3.8) is 0 Å². The topological polar surface area (TPSA) is 35.2 Å². The minimum Gasteiger partial charge on any atom is -0.372 e. The Morgan fingerprint density at radius 3 is 2.79 bits per heavy atom. The molecule has 1 aromatic carbocycles. The van der Waals surface area contributed by atoms with Crippen LogP contribution in [0.4, 0.5) is 0 Å². The van der Waals surface area contributed by atoms with Crippen LogP contribution >= 0.6 is 11.6 Å². The summed E-state index contributed by atoms with van der Waals surface area (Å²) in [6.45, 7) is 2.90. The van der Waals surface area contributed by atoms with Crippen molar-refractivity contribution in [2.45, 2.75) is 51.2 Å².